The summed E-state index contributed by atoms with van der Waals surface area (Å²) in [6.45, 7) is 3.70. The molecule has 2 aromatic rings. The highest BCUT2D eigenvalue weighted by atomic mass is 15.2. The number of hydrogen-bond acceptors (Lipinski definition) is 2. The number of hydrogen-bond donors (Lipinski definition) is 0. The van der Waals surface area contributed by atoms with Crippen LogP contribution >= 0.6 is 0 Å². The zero-order chi connectivity index (χ0) is 14.9. The van der Waals surface area contributed by atoms with Gasteiger partial charge in [-0.25, -0.2) is 0 Å². The fourth-order valence-corrected chi connectivity index (χ4v) is 4.24. The zero-order valence-corrected chi connectivity index (χ0v) is 13.3. The molecule has 1 aliphatic carbocycles. The Morgan fingerprint density at radius 2 is 1.86 bits per heavy atom. The fourth-order valence-electron chi connectivity index (χ4n) is 4.24. The second-order valence-electron chi connectivity index (χ2n) is 6.85. The average Bonchev–Trinajstić information content (AvgIpc) is 3.01. The van der Waals surface area contributed by atoms with E-state index in [0.29, 0.717) is 0 Å². The molecule has 0 N–H and O–H groups in total. The Kier molecular flexibility index (Phi) is 3.71. The summed E-state index contributed by atoms with van der Waals surface area (Å²) in [7, 11) is 0. The average molecular weight is 292 g/mol. The van der Waals surface area contributed by atoms with Crippen LogP contribution in [0.3, 0.4) is 0 Å². The van der Waals surface area contributed by atoms with Gasteiger partial charge in [0.2, 0.25) is 0 Å². The maximum atomic E-state index is 4.11. The largest absolute Gasteiger partial charge is 0.297 e. The number of aromatic nitrogens is 1. The molecule has 2 atom stereocenters. The number of pyridine rings is 1. The number of rotatable bonds is 2. The highest BCUT2D eigenvalue weighted by molar-refractivity contribution is 5.64. The quantitative estimate of drug-likeness (QED) is 0.829. The molecule has 2 unspecified atom stereocenters. The highest BCUT2D eigenvalue weighted by Gasteiger charge is 2.30. The van der Waals surface area contributed by atoms with Gasteiger partial charge in [-0.3, -0.25) is 9.88 Å². The monoisotopic (exact) mass is 292 g/mol. The normalized spacial score (nSPS) is 25.1. The third-order valence-electron chi connectivity index (χ3n) is 5.50. The first kappa shape index (κ1) is 14.0. The third-order valence-corrected chi connectivity index (χ3v) is 5.50. The fraction of sp³-hybridized carbons (Fsp3) is 0.450. The molecule has 2 heterocycles. The van der Waals surface area contributed by atoms with Gasteiger partial charge in [0.15, 0.2) is 0 Å². The van der Waals surface area contributed by atoms with Gasteiger partial charge in [0.05, 0.1) is 0 Å². The minimum absolute atomic E-state index is 0.761. The van der Waals surface area contributed by atoms with Crippen LogP contribution in [-0.2, 0) is 12.8 Å². The standard InChI is InChI=1S/C20H24N2/c1-15-3-2-12-22(15)20-7-6-18-13-17(4-5-19(18)14-20)16-8-10-21-11-9-16/h4-5,8-11,13,15,20H,2-3,6-7,12,14H2,1H3. The first-order chi connectivity index (χ1) is 10.8. The Morgan fingerprint density at radius 1 is 1.00 bits per heavy atom. The van der Waals surface area contributed by atoms with E-state index in [2.05, 4.69) is 47.1 Å². The van der Waals surface area contributed by atoms with Crippen LogP contribution < -0.4 is 0 Å². The maximum Gasteiger partial charge on any atom is 0.0273 e. The molecule has 0 radical (unpaired) electrons. The lowest BCUT2D eigenvalue weighted by atomic mass is 9.85. The van der Waals surface area contributed by atoms with Crippen LogP contribution in [0, 0.1) is 0 Å². The first-order valence-electron chi connectivity index (χ1n) is 8.59. The van der Waals surface area contributed by atoms with E-state index in [1.165, 1.54) is 49.8 Å². The van der Waals surface area contributed by atoms with Crippen LogP contribution in [0.25, 0.3) is 11.1 Å². The zero-order valence-electron chi connectivity index (χ0n) is 13.3. The van der Waals surface area contributed by atoms with Crippen molar-refractivity contribution in [3.8, 4) is 11.1 Å². The van der Waals surface area contributed by atoms with Crippen molar-refractivity contribution in [3.05, 3.63) is 53.9 Å². The minimum Gasteiger partial charge on any atom is -0.297 e. The van der Waals surface area contributed by atoms with Crippen molar-refractivity contribution in [2.24, 2.45) is 0 Å². The molecule has 1 aromatic heterocycles. The Hall–Kier alpha value is -1.67. The van der Waals surface area contributed by atoms with Gasteiger partial charge in [-0.15, -0.1) is 0 Å². The van der Waals surface area contributed by atoms with Crippen LogP contribution in [0.5, 0.6) is 0 Å². The topological polar surface area (TPSA) is 16.1 Å². The second kappa shape index (κ2) is 5.85. The van der Waals surface area contributed by atoms with Gasteiger partial charge >= 0.3 is 0 Å². The van der Waals surface area contributed by atoms with E-state index in [0.717, 1.165) is 12.1 Å². The molecule has 0 bridgehead atoms. The number of benzene rings is 1. The molecule has 4 rings (SSSR count). The van der Waals surface area contributed by atoms with Crippen molar-refractivity contribution in [2.75, 3.05) is 6.54 Å². The van der Waals surface area contributed by atoms with Crippen molar-refractivity contribution in [2.45, 2.75) is 51.1 Å². The van der Waals surface area contributed by atoms with E-state index in [1.54, 1.807) is 11.1 Å². The smallest absolute Gasteiger partial charge is 0.0273 e. The van der Waals surface area contributed by atoms with Gasteiger partial charge in [-0.05, 0) is 80.0 Å². The summed E-state index contributed by atoms with van der Waals surface area (Å²) < 4.78 is 0. The van der Waals surface area contributed by atoms with E-state index in [-0.39, 0.29) is 0 Å². The highest BCUT2D eigenvalue weighted by Crippen LogP contribution is 2.31. The SMILES string of the molecule is CC1CCCN1C1CCc2cc(-c3ccncc3)ccc2C1. The van der Waals surface area contributed by atoms with E-state index >= 15 is 0 Å². The lowest BCUT2D eigenvalue weighted by molar-refractivity contribution is 0.174. The van der Waals surface area contributed by atoms with E-state index < -0.39 is 0 Å². The molecule has 22 heavy (non-hydrogen) atoms. The van der Waals surface area contributed by atoms with E-state index in [4.69, 9.17) is 0 Å². The number of likely N-dealkylation sites (tertiary alicyclic amines) is 1. The van der Waals surface area contributed by atoms with Gasteiger partial charge < -0.3 is 0 Å². The summed E-state index contributed by atoms with van der Waals surface area (Å²) in [4.78, 5) is 6.86. The molecular formula is C20H24N2. The molecular weight excluding hydrogens is 268 g/mol. The van der Waals surface area contributed by atoms with Crippen LogP contribution in [0.4, 0.5) is 0 Å². The lowest BCUT2D eigenvalue weighted by Gasteiger charge is -2.35. The molecule has 0 saturated carbocycles. The molecule has 0 amide bonds. The minimum atomic E-state index is 0.761. The predicted octanol–water partition coefficient (Wildman–Crippen LogP) is 4.09. The summed E-state index contributed by atoms with van der Waals surface area (Å²) in [5, 5.41) is 0. The third kappa shape index (κ3) is 2.56. The van der Waals surface area contributed by atoms with E-state index in [1.807, 2.05) is 12.4 Å². The Labute approximate surface area is 133 Å². The summed E-state index contributed by atoms with van der Waals surface area (Å²) in [5.74, 6) is 0. The van der Waals surface area contributed by atoms with Crippen molar-refractivity contribution >= 4 is 0 Å². The Bertz CT molecular complexity index is 650. The first-order valence-corrected chi connectivity index (χ1v) is 8.59. The van der Waals surface area contributed by atoms with Gasteiger partial charge in [0.25, 0.3) is 0 Å². The molecule has 1 fully saturated rings. The predicted molar refractivity (Wildman–Crippen MR) is 90.9 cm³/mol. The maximum absolute atomic E-state index is 4.11. The van der Waals surface area contributed by atoms with Gasteiger partial charge in [0, 0.05) is 24.5 Å². The summed E-state index contributed by atoms with van der Waals surface area (Å²) in [5.41, 5.74) is 5.72. The molecule has 114 valence electrons. The van der Waals surface area contributed by atoms with E-state index in [9.17, 15) is 0 Å². The Morgan fingerprint density at radius 3 is 2.64 bits per heavy atom. The van der Waals surface area contributed by atoms with Crippen molar-refractivity contribution in [1.82, 2.24) is 9.88 Å². The van der Waals surface area contributed by atoms with Crippen molar-refractivity contribution in [3.63, 3.8) is 0 Å². The lowest BCUT2D eigenvalue weighted by Crippen LogP contribution is -2.41. The summed E-state index contributed by atoms with van der Waals surface area (Å²) in [6, 6.07) is 12.8. The molecule has 1 saturated heterocycles. The van der Waals surface area contributed by atoms with Crippen LogP contribution in [0.1, 0.15) is 37.3 Å². The molecule has 2 heteroatoms. The molecule has 1 aliphatic heterocycles. The number of aryl methyl sites for hydroxylation is 1. The molecule has 0 spiro atoms. The van der Waals surface area contributed by atoms with Gasteiger partial charge in [-0.1, -0.05) is 18.2 Å². The van der Waals surface area contributed by atoms with Crippen molar-refractivity contribution < 1.29 is 0 Å². The second-order valence-corrected chi connectivity index (χ2v) is 6.85. The Balaban J connectivity index is 1.57. The summed E-state index contributed by atoms with van der Waals surface area (Å²) in [6.07, 6.45) is 10.3. The van der Waals surface area contributed by atoms with Crippen molar-refractivity contribution in [1.29, 1.82) is 0 Å². The molecule has 2 aliphatic rings. The summed E-state index contributed by atoms with van der Waals surface area (Å²) >= 11 is 0. The van der Waals surface area contributed by atoms with Crippen LogP contribution in [0.15, 0.2) is 42.7 Å². The van der Waals surface area contributed by atoms with Crippen LogP contribution in [0.2, 0.25) is 0 Å². The molecule has 1 aromatic carbocycles. The van der Waals surface area contributed by atoms with Crippen LogP contribution in [-0.4, -0.2) is 28.5 Å². The number of nitrogens with zero attached hydrogens (tertiary/aromatic N) is 2. The number of fused-ring (bicyclic) bond motifs is 1. The molecule has 2 nitrogen and oxygen atoms in total. The van der Waals surface area contributed by atoms with Gasteiger partial charge in [-0.2, -0.15) is 0 Å². The van der Waals surface area contributed by atoms with Gasteiger partial charge in [0.1, 0.15) is 0 Å².